The van der Waals surface area contributed by atoms with Crippen LogP contribution in [0.1, 0.15) is 11.5 Å². The van der Waals surface area contributed by atoms with Crippen LogP contribution in [-0.4, -0.2) is 41.1 Å². The van der Waals surface area contributed by atoms with Gasteiger partial charge >= 0.3 is 6.18 Å². The van der Waals surface area contributed by atoms with Crippen molar-refractivity contribution in [3.05, 3.63) is 42.0 Å². The van der Waals surface area contributed by atoms with Crippen molar-refractivity contribution in [1.29, 1.82) is 0 Å². The summed E-state index contributed by atoms with van der Waals surface area (Å²) in [6, 6.07) is 5.83. The Labute approximate surface area is 131 Å². The summed E-state index contributed by atoms with van der Waals surface area (Å²) >= 11 is 0. The van der Waals surface area contributed by atoms with E-state index in [1.54, 1.807) is 12.3 Å². The summed E-state index contributed by atoms with van der Waals surface area (Å²) in [4.78, 5) is 16.1. The molecule has 0 bridgehead atoms. The molecule has 2 aromatic heterocycles. The highest BCUT2D eigenvalue weighted by Crippen LogP contribution is 2.29. The largest absolute Gasteiger partial charge is 0.433 e. The summed E-state index contributed by atoms with van der Waals surface area (Å²) < 4.78 is 38.3. The van der Waals surface area contributed by atoms with Gasteiger partial charge in [0, 0.05) is 32.4 Å². The number of pyridine rings is 1. The van der Waals surface area contributed by atoms with Crippen LogP contribution in [0.2, 0.25) is 0 Å². The summed E-state index contributed by atoms with van der Waals surface area (Å²) in [7, 11) is 0. The second kappa shape index (κ2) is 6.02. The number of anilines is 2. The third-order valence-electron chi connectivity index (χ3n) is 3.71. The van der Waals surface area contributed by atoms with E-state index in [1.807, 2.05) is 17.9 Å². The molecular weight excluding hydrogens is 307 g/mol. The Morgan fingerprint density at radius 1 is 0.913 bits per heavy atom. The van der Waals surface area contributed by atoms with Crippen LogP contribution in [0.4, 0.5) is 24.8 Å². The van der Waals surface area contributed by atoms with Crippen LogP contribution in [0, 0.1) is 6.92 Å². The van der Waals surface area contributed by atoms with Crippen molar-refractivity contribution in [2.24, 2.45) is 0 Å². The molecule has 8 heteroatoms. The standard InChI is InChI=1S/C15H16F3N5/c1-11-19-6-5-14(20-11)23-9-7-22(8-10-23)13-4-2-3-12(21-13)15(16,17)18/h2-6H,7-10H2,1H3. The lowest BCUT2D eigenvalue weighted by molar-refractivity contribution is -0.141. The fourth-order valence-corrected chi connectivity index (χ4v) is 2.54. The van der Waals surface area contributed by atoms with E-state index < -0.39 is 11.9 Å². The topological polar surface area (TPSA) is 45.2 Å². The van der Waals surface area contributed by atoms with Crippen LogP contribution >= 0.6 is 0 Å². The van der Waals surface area contributed by atoms with Crippen molar-refractivity contribution in [1.82, 2.24) is 15.0 Å². The minimum atomic E-state index is -4.42. The number of rotatable bonds is 2. The number of halogens is 3. The Morgan fingerprint density at radius 3 is 2.09 bits per heavy atom. The molecule has 0 aliphatic carbocycles. The smallest absolute Gasteiger partial charge is 0.353 e. The van der Waals surface area contributed by atoms with Gasteiger partial charge in [-0.1, -0.05) is 6.07 Å². The molecule has 23 heavy (non-hydrogen) atoms. The van der Waals surface area contributed by atoms with Crippen LogP contribution in [0.3, 0.4) is 0 Å². The van der Waals surface area contributed by atoms with E-state index in [1.165, 1.54) is 6.07 Å². The number of alkyl halides is 3. The highest BCUT2D eigenvalue weighted by molar-refractivity contribution is 5.45. The number of hydrogen-bond donors (Lipinski definition) is 0. The second-order valence-electron chi connectivity index (χ2n) is 5.31. The fourth-order valence-electron chi connectivity index (χ4n) is 2.54. The van der Waals surface area contributed by atoms with Gasteiger partial charge < -0.3 is 9.80 Å². The summed E-state index contributed by atoms with van der Waals surface area (Å²) in [6.45, 7) is 4.36. The van der Waals surface area contributed by atoms with E-state index in [4.69, 9.17) is 0 Å². The van der Waals surface area contributed by atoms with Crippen LogP contribution in [0.5, 0.6) is 0 Å². The molecule has 0 spiro atoms. The molecule has 0 radical (unpaired) electrons. The van der Waals surface area contributed by atoms with Gasteiger partial charge in [0.05, 0.1) is 0 Å². The first-order valence-electron chi connectivity index (χ1n) is 7.27. The van der Waals surface area contributed by atoms with Gasteiger partial charge in [-0.05, 0) is 25.1 Å². The number of hydrogen-bond acceptors (Lipinski definition) is 5. The predicted octanol–water partition coefficient (Wildman–Crippen LogP) is 2.53. The maximum atomic E-state index is 12.8. The highest BCUT2D eigenvalue weighted by atomic mass is 19.4. The van der Waals surface area contributed by atoms with Crippen LogP contribution in [0.15, 0.2) is 30.5 Å². The van der Waals surface area contributed by atoms with Gasteiger partial charge in [-0.2, -0.15) is 13.2 Å². The Balaban J connectivity index is 1.70. The Morgan fingerprint density at radius 2 is 1.52 bits per heavy atom. The zero-order valence-corrected chi connectivity index (χ0v) is 12.6. The first-order valence-corrected chi connectivity index (χ1v) is 7.27. The molecule has 0 N–H and O–H groups in total. The van der Waals surface area contributed by atoms with E-state index in [9.17, 15) is 13.2 Å². The summed E-state index contributed by atoms with van der Waals surface area (Å²) in [6.07, 6.45) is -2.71. The number of nitrogens with zero attached hydrogens (tertiary/aromatic N) is 5. The minimum absolute atomic E-state index is 0.360. The van der Waals surface area contributed by atoms with Crippen molar-refractivity contribution in [2.75, 3.05) is 36.0 Å². The summed E-state index contributed by atoms with van der Waals surface area (Å²) in [5, 5.41) is 0. The van der Waals surface area contributed by atoms with Crippen molar-refractivity contribution in [2.45, 2.75) is 13.1 Å². The normalized spacial score (nSPS) is 15.8. The summed E-state index contributed by atoms with van der Waals surface area (Å²) in [5.41, 5.74) is -0.858. The Bertz CT molecular complexity index is 681. The first-order chi connectivity index (χ1) is 10.9. The molecule has 1 aliphatic rings. The van der Waals surface area contributed by atoms with E-state index in [0.29, 0.717) is 37.8 Å². The lowest BCUT2D eigenvalue weighted by atomic mass is 10.2. The molecule has 3 rings (SSSR count). The molecule has 1 saturated heterocycles. The first kappa shape index (κ1) is 15.5. The molecule has 5 nitrogen and oxygen atoms in total. The molecule has 0 unspecified atom stereocenters. The van der Waals surface area contributed by atoms with Crippen molar-refractivity contribution in [3.63, 3.8) is 0 Å². The Kier molecular flexibility index (Phi) is 4.06. The minimum Gasteiger partial charge on any atom is -0.353 e. The SMILES string of the molecule is Cc1nccc(N2CCN(c3cccc(C(F)(F)F)n3)CC2)n1. The fraction of sp³-hybridized carbons (Fsp3) is 0.400. The molecule has 0 aromatic carbocycles. The number of aryl methyl sites for hydroxylation is 1. The molecule has 2 aromatic rings. The second-order valence-corrected chi connectivity index (χ2v) is 5.31. The molecule has 1 aliphatic heterocycles. The molecule has 0 saturated carbocycles. The van der Waals surface area contributed by atoms with Crippen molar-refractivity contribution >= 4 is 11.6 Å². The van der Waals surface area contributed by atoms with Crippen molar-refractivity contribution < 1.29 is 13.2 Å². The van der Waals surface area contributed by atoms with Gasteiger partial charge in [-0.3, -0.25) is 0 Å². The molecule has 3 heterocycles. The van der Waals surface area contributed by atoms with Crippen molar-refractivity contribution in [3.8, 4) is 0 Å². The monoisotopic (exact) mass is 323 g/mol. The van der Waals surface area contributed by atoms with Gasteiger partial charge in [-0.15, -0.1) is 0 Å². The van der Waals surface area contributed by atoms with Gasteiger partial charge in [0.15, 0.2) is 0 Å². The lowest BCUT2D eigenvalue weighted by Crippen LogP contribution is -2.47. The highest BCUT2D eigenvalue weighted by Gasteiger charge is 2.33. The Hall–Kier alpha value is -2.38. The number of aromatic nitrogens is 3. The van der Waals surface area contributed by atoms with Gasteiger partial charge in [0.2, 0.25) is 0 Å². The molecule has 0 atom stereocenters. The van der Waals surface area contributed by atoms with E-state index in [-0.39, 0.29) is 0 Å². The molecule has 122 valence electrons. The van der Waals surface area contributed by atoms with Crippen LogP contribution in [0.25, 0.3) is 0 Å². The van der Waals surface area contributed by atoms with Gasteiger partial charge in [0.1, 0.15) is 23.2 Å². The quantitative estimate of drug-likeness (QED) is 0.850. The lowest BCUT2D eigenvalue weighted by Gasteiger charge is -2.36. The zero-order valence-electron chi connectivity index (χ0n) is 12.6. The van der Waals surface area contributed by atoms with Crippen LogP contribution < -0.4 is 9.80 Å². The van der Waals surface area contributed by atoms with Gasteiger partial charge in [-0.25, -0.2) is 15.0 Å². The van der Waals surface area contributed by atoms with Crippen LogP contribution in [-0.2, 0) is 6.18 Å². The zero-order chi connectivity index (χ0) is 16.4. The van der Waals surface area contributed by atoms with E-state index in [2.05, 4.69) is 19.9 Å². The molecule has 1 fully saturated rings. The van der Waals surface area contributed by atoms with E-state index in [0.717, 1.165) is 11.9 Å². The maximum Gasteiger partial charge on any atom is 0.433 e. The maximum absolute atomic E-state index is 12.8. The molecular formula is C15H16F3N5. The summed E-state index contributed by atoms with van der Waals surface area (Å²) in [5.74, 6) is 1.90. The third-order valence-corrected chi connectivity index (χ3v) is 3.71. The predicted molar refractivity (Wildman–Crippen MR) is 80.4 cm³/mol. The number of piperazine rings is 1. The third kappa shape index (κ3) is 3.52. The average molecular weight is 323 g/mol. The average Bonchev–Trinajstić information content (AvgIpc) is 2.54. The van der Waals surface area contributed by atoms with E-state index >= 15 is 0 Å². The molecule has 0 amide bonds. The van der Waals surface area contributed by atoms with Gasteiger partial charge in [0.25, 0.3) is 0 Å².